The van der Waals surface area contributed by atoms with Gasteiger partial charge in [-0.3, -0.25) is 0 Å². The minimum absolute atomic E-state index is 0.349. The monoisotopic (exact) mass is 306 g/mol. The number of esters is 1. The molecule has 6 nitrogen and oxygen atoms in total. The minimum atomic E-state index is -0.482. The van der Waals surface area contributed by atoms with Crippen molar-refractivity contribution in [1.29, 1.82) is 0 Å². The fourth-order valence-corrected chi connectivity index (χ4v) is 2.38. The van der Waals surface area contributed by atoms with Gasteiger partial charge in [0.2, 0.25) is 0 Å². The summed E-state index contributed by atoms with van der Waals surface area (Å²) in [5.74, 6) is 0.219. The van der Waals surface area contributed by atoms with Gasteiger partial charge >= 0.3 is 12.0 Å². The molecule has 0 radical (unpaired) electrons. The summed E-state index contributed by atoms with van der Waals surface area (Å²) in [5.41, 5.74) is 1.03. The Hall–Kier alpha value is -2.54. The molecule has 7 heteroatoms. The van der Waals surface area contributed by atoms with Crippen molar-refractivity contribution in [2.45, 2.75) is 0 Å². The number of rotatable bonds is 4. The van der Waals surface area contributed by atoms with E-state index < -0.39 is 12.0 Å². The fourth-order valence-electron chi connectivity index (χ4n) is 1.62. The molecule has 1 heterocycles. The Balaban J connectivity index is 2.01. The van der Waals surface area contributed by atoms with Crippen molar-refractivity contribution in [2.75, 3.05) is 24.9 Å². The van der Waals surface area contributed by atoms with Gasteiger partial charge in [-0.05, 0) is 35.7 Å². The molecule has 0 unspecified atom stereocenters. The van der Waals surface area contributed by atoms with Crippen molar-refractivity contribution < 1.29 is 19.1 Å². The van der Waals surface area contributed by atoms with E-state index >= 15 is 0 Å². The third kappa shape index (κ3) is 3.73. The highest BCUT2D eigenvalue weighted by molar-refractivity contribution is 7.12. The van der Waals surface area contributed by atoms with Crippen LogP contribution in [0, 0.1) is 0 Å². The van der Waals surface area contributed by atoms with Crippen molar-refractivity contribution >= 4 is 34.7 Å². The molecule has 0 spiro atoms. The maximum atomic E-state index is 11.9. The van der Waals surface area contributed by atoms with Crippen LogP contribution in [0.25, 0.3) is 0 Å². The van der Waals surface area contributed by atoms with Crippen molar-refractivity contribution in [3.8, 4) is 5.75 Å². The first-order valence-corrected chi connectivity index (χ1v) is 6.90. The quantitative estimate of drug-likeness (QED) is 0.851. The number of carbonyl (C=O) groups is 2. The third-order valence-corrected chi connectivity index (χ3v) is 3.53. The van der Waals surface area contributed by atoms with Gasteiger partial charge in [0.1, 0.15) is 10.6 Å². The van der Waals surface area contributed by atoms with Gasteiger partial charge in [-0.1, -0.05) is 0 Å². The van der Waals surface area contributed by atoms with Crippen LogP contribution in [0.1, 0.15) is 9.67 Å². The second kappa shape index (κ2) is 6.76. The summed E-state index contributed by atoms with van der Waals surface area (Å²) in [6, 6.07) is 8.11. The minimum Gasteiger partial charge on any atom is -0.497 e. The zero-order valence-electron chi connectivity index (χ0n) is 11.5. The number of anilines is 2. The zero-order chi connectivity index (χ0) is 15.2. The number of thiophene rings is 1. The van der Waals surface area contributed by atoms with Crippen LogP contribution in [0.15, 0.2) is 35.7 Å². The molecule has 110 valence electrons. The lowest BCUT2D eigenvalue weighted by Crippen LogP contribution is -2.20. The molecule has 2 N–H and O–H groups in total. The van der Waals surface area contributed by atoms with E-state index in [2.05, 4.69) is 15.4 Å². The first-order valence-electron chi connectivity index (χ1n) is 6.02. The summed E-state index contributed by atoms with van der Waals surface area (Å²) in [7, 11) is 2.86. The van der Waals surface area contributed by atoms with Crippen molar-refractivity contribution in [1.82, 2.24) is 0 Å². The summed E-state index contributed by atoms with van der Waals surface area (Å²) < 4.78 is 9.68. The number of carbonyl (C=O) groups excluding carboxylic acids is 2. The number of hydrogen-bond donors (Lipinski definition) is 2. The van der Waals surface area contributed by atoms with Crippen LogP contribution in [0.5, 0.6) is 5.75 Å². The molecule has 0 atom stereocenters. The molecular formula is C14H14N2O4S. The first kappa shape index (κ1) is 14.9. The smallest absolute Gasteiger partial charge is 0.350 e. The lowest BCUT2D eigenvalue weighted by atomic mass is 10.3. The highest BCUT2D eigenvalue weighted by Gasteiger charge is 2.15. The standard InChI is InChI=1S/C14H14N2O4S/c1-19-10-5-3-9(4-6-10)15-14(18)16-11-7-8-21-12(11)13(17)20-2/h3-8H,1-2H3,(H2,15,16,18). The van der Waals surface area contributed by atoms with E-state index in [9.17, 15) is 9.59 Å². The van der Waals surface area contributed by atoms with Crippen molar-refractivity contribution in [3.05, 3.63) is 40.6 Å². The van der Waals surface area contributed by atoms with Gasteiger partial charge < -0.3 is 20.1 Å². The van der Waals surface area contributed by atoms with E-state index in [1.807, 2.05) is 0 Å². The molecule has 2 amide bonds. The predicted octanol–water partition coefficient (Wildman–Crippen LogP) is 3.19. The summed E-state index contributed by atoms with van der Waals surface area (Å²) >= 11 is 1.20. The Morgan fingerprint density at radius 2 is 1.76 bits per heavy atom. The predicted molar refractivity (Wildman–Crippen MR) is 81.3 cm³/mol. The highest BCUT2D eigenvalue weighted by Crippen LogP contribution is 2.23. The Labute approximate surface area is 125 Å². The summed E-state index contributed by atoms with van der Waals surface area (Å²) in [4.78, 5) is 23.8. The molecule has 0 saturated heterocycles. The number of nitrogens with one attached hydrogen (secondary N) is 2. The SMILES string of the molecule is COC(=O)c1sccc1NC(=O)Nc1ccc(OC)cc1. The van der Waals surface area contributed by atoms with Gasteiger partial charge in [-0.15, -0.1) is 11.3 Å². The maximum Gasteiger partial charge on any atom is 0.350 e. The third-order valence-electron chi connectivity index (χ3n) is 2.63. The molecule has 0 fully saturated rings. The van der Waals surface area contributed by atoms with E-state index in [0.717, 1.165) is 0 Å². The van der Waals surface area contributed by atoms with Crippen LogP contribution >= 0.6 is 11.3 Å². The molecule has 21 heavy (non-hydrogen) atoms. The fraction of sp³-hybridized carbons (Fsp3) is 0.143. The second-order valence-corrected chi connectivity index (χ2v) is 4.88. The molecule has 0 aliphatic rings. The maximum absolute atomic E-state index is 11.9. The van der Waals surface area contributed by atoms with E-state index in [1.54, 1.807) is 42.8 Å². The normalized spacial score (nSPS) is 9.81. The molecule has 1 aromatic carbocycles. The van der Waals surface area contributed by atoms with Gasteiger partial charge in [0, 0.05) is 5.69 Å². The van der Waals surface area contributed by atoms with E-state index in [0.29, 0.717) is 22.0 Å². The Morgan fingerprint density at radius 1 is 1.05 bits per heavy atom. The number of amides is 2. The van der Waals surface area contributed by atoms with Crippen LogP contribution < -0.4 is 15.4 Å². The first-order chi connectivity index (χ1) is 10.1. The molecule has 0 aliphatic carbocycles. The van der Waals surface area contributed by atoms with Gasteiger partial charge in [0.25, 0.3) is 0 Å². The molecule has 2 rings (SSSR count). The molecule has 1 aromatic heterocycles. The Kier molecular flexibility index (Phi) is 4.78. The zero-order valence-corrected chi connectivity index (χ0v) is 12.3. The van der Waals surface area contributed by atoms with Gasteiger partial charge in [0.15, 0.2) is 0 Å². The molecule has 0 bridgehead atoms. The highest BCUT2D eigenvalue weighted by atomic mass is 32.1. The Bertz CT molecular complexity index is 637. The van der Waals surface area contributed by atoms with Crippen LogP contribution in [0.4, 0.5) is 16.2 Å². The van der Waals surface area contributed by atoms with Crippen LogP contribution in [0.3, 0.4) is 0 Å². The van der Waals surface area contributed by atoms with Gasteiger partial charge in [-0.25, -0.2) is 9.59 Å². The number of benzene rings is 1. The summed E-state index contributed by atoms with van der Waals surface area (Å²) in [5, 5.41) is 6.98. The summed E-state index contributed by atoms with van der Waals surface area (Å²) in [6.45, 7) is 0. The molecule has 0 saturated carbocycles. The molecule has 2 aromatic rings. The van der Waals surface area contributed by atoms with Gasteiger partial charge in [0.05, 0.1) is 19.9 Å². The average Bonchev–Trinajstić information content (AvgIpc) is 2.95. The topological polar surface area (TPSA) is 76.7 Å². The van der Waals surface area contributed by atoms with E-state index in [4.69, 9.17) is 4.74 Å². The van der Waals surface area contributed by atoms with E-state index in [1.165, 1.54) is 18.4 Å². The lowest BCUT2D eigenvalue weighted by molar-refractivity contribution is 0.0607. The van der Waals surface area contributed by atoms with Crippen molar-refractivity contribution in [2.24, 2.45) is 0 Å². The van der Waals surface area contributed by atoms with Crippen LogP contribution in [-0.2, 0) is 4.74 Å². The number of ether oxygens (including phenoxy) is 2. The van der Waals surface area contributed by atoms with Crippen molar-refractivity contribution in [3.63, 3.8) is 0 Å². The summed E-state index contributed by atoms with van der Waals surface area (Å²) in [6.07, 6.45) is 0. The Morgan fingerprint density at radius 3 is 2.38 bits per heavy atom. The largest absolute Gasteiger partial charge is 0.497 e. The second-order valence-electron chi connectivity index (χ2n) is 3.96. The number of hydrogen-bond acceptors (Lipinski definition) is 5. The van der Waals surface area contributed by atoms with Crippen LogP contribution in [0.2, 0.25) is 0 Å². The number of urea groups is 1. The number of methoxy groups -OCH3 is 2. The average molecular weight is 306 g/mol. The van der Waals surface area contributed by atoms with Gasteiger partial charge in [-0.2, -0.15) is 0 Å². The molecular weight excluding hydrogens is 292 g/mol. The van der Waals surface area contributed by atoms with E-state index in [-0.39, 0.29) is 0 Å². The lowest BCUT2D eigenvalue weighted by Gasteiger charge is -2.08. The molecule has 0 aliphatic heterocycles. The van der Waals surface area contributed by atoms with Crippen LogP contribution in [-0.4, -0.2) is 26.2 Å².